The first-order valence-electron chi connectivity index (χ1n) is 5.59. The molecular formula is C11H18ClNO. The molecule has 0 aromatic carbocycles. The number of hydrogen-bond acceptors (Lipinski definition) is 2. The third-order valence-corrected chi connectivity index (χ3v) is 3.81. The predicted molar refractivity (Wildman–Crippen MR) is 57.6 cm³/mol. The lowest BCUT2D eigenvalue weighted by atomic mass is 9.81. The summed E-state index contributed by atoms with van der Waals surface area (Å²) < 4.78 is 0. The van der Waals surface area contributed by atoms with Crippen molar-refractivity contribution in [1.29, 1.82) is 0 Å². The van der Waals surface area contributed by atoms with Gasteiger partial charge in [-0.2, -0.15) is 0 Å². The zero-order chi connectivity index (χ0) is 9.97. The highest BCUT2D eigenvalue weighted by molar-refractivity contribution is 6.17. The van der Waals surface area contributed by atoms with Gasteiger partial charge in [-0.1, -0.05) is 0 Å². The van der Waals surface area contributed by atoms with E-state index in [1.165, 1.54) is 6.54 Å². The van der Waals surface area contributed by atoms with E-state index < -0.39 is 0 Å². The second-order valence-electron chi connectivity index (χ2n) is 4.60. The molecule has 1 saturated carbocycles. The van der Waals surface area contributed by atoms with E-state index in [0.717, 1.165) is 50.6 Å². The van der Waals surface area contributed by atoms with E-state index in [4.69, 9.17) is 11.6 Å². The predicted octanol–water partition coefficient (Wildman–Crippen LogP) is 1.92. The van der Waals surface area contributed by atoms with Gasteiger partial charge in [0.15, 0.2) is 0 Å². The second-order valence-corrected chi connectivity index (χ2v) is 4.98. The number of halogens is 1. The van der Waals surface area contributed by atoms with Crippen LogP contribution in [0.3, 0.4) is 0 Å². The molecule has 2 nitrogen and oxygen atoms in total. The Morgan fingerprint density at radius 1 is 1.36 bits per heavy atom. The Labute approximate surface area is 90.6 Å². The van der Waals surface area contributed by atoms with Crippen molar-refractivity contribution in [1.82, 2.24) is 4.90 Å². The van der Waals surface area contributed by atoms with Crippen LogP contribution in [0.2, 0.25) is 0 Å². The highest BCUT2D eigenvalue weighted by atomic mass is 35.5. The third kappa shape index (κ3) is 2.29. The maximum absolute atomic E-state index is 11.3. The molecular weight excluding hydrogens is 198 g/mol. The average Bonchev–Trinajstić information content (AvgIpc) is 2.56. The Hall–Kier alpha value is -0.0800. The first-order chi connectivity index (χ1) is 6.79. The normalized spacial score (nSPS) is 33.4. The quantitative estimate of drug-likeness (QED) is 0.671. The van der Waals surface area contributed by atoms with Crippen molar-refractivity contribution in [3.8, 4) is 0 Å². The minimum Gasteiger partial charge on any atom is -0.303 e. The van der Waals surface area contributed by atoms with Crippen molar-refractivity contribution < 1.29 is 4.79 Å². The maximum Gasteiger partial charge on any atom is 0.133 e. The minimum absolute atomic E-state index is 0.477. The Bertz CT molecular complexity index is 219. The van der Waals surface area contributed by atoms with E-state index in [0.29, 0.717) is 11.7 Å². The molecule has 2 rings (SSSR count). The van der Waals surface area contributed by atoms with Crippen molar-refractivity contribution in [2.75, 3.05) is 25.5 Å². The fourth-order valence-corrected chi connectivity index (χ4v) is 2.92. The molecule has 0 spiro atoms. The Morgan fingerprint density at radius 3 is 2.93 bits per heavy atom. The van der Waals surface area contributed by atoms with E-state index in [9.17, 15) is 4.79 Å². The van der Waals surface area contributed by atoms with Gasteiger partial charge in [0.05, 0.1) is 0 Å². The van der Waals surface area contributed by atoms with E-state index in [1.807, 2.05) is 0 Å². The number of hydrogen-bond donors (Lipinski definition) is 0. The summed E-state index contributed by atoms with van der Waals surface area (Å²) >= 11 is 5.68. The fourth-order valence-electron chi connectivity index (χ4n) is 2.80. The number of carbonyl (C=O) groups is 1. The molecule has 1 saturated heterocycles. The molecule has 0 radical (unpaired) electrons. The molecule has 2 fully saturated rings. The monoisotopic (exact) mass is 215 g/mol. The second kappa shape index (κ2) is 4.63. The van der Waals surface area contributed by atoms with E-state index in [1.54, 1.807) is 0 Å². The number of fused-ring (bicyclic) bond motifs is 1. The summed E-state index contributed by atoms with van der Waals surface area (Å²) in [6, 6.07) is 0. The number of Topliss-reactive ketones (excluding diaryl/α,β-unsaturated/α-hetero) is 1. The van der Waals surface area contributed by atoms with Gasteiger partial charge in [0.1, 0.15) is 5.78 Å². The van der Waals surface area contributed by atoms with Crippen molar-refractivity contribution in [3.05, 3.63) is 0 Å². The summed E-state index contributed by atoms with van der Waals surface area (Å²) in [5.74, 6) is 2.69. The SMILES string of the molecule is O=C1CCC2CN(CCCCl)CC2C1. The minimum atomic E-state index is 0.477. The van der Waals surface area contributed by atoms with Crippen molar-refractivity contribution in [2.45, 2.75) is 25.7 Å². The Kier molecular flexibility index (Phi) is 3.45. The van der Waals surface area contributed by atoms with Gasteiger partial charge in [-0.15, -0.1) is 11.6 Å². The van der Waals surface area contributed by atoms with Crippen LogP contribution >= 0.6 is 11.6 Å². The molecule has 2 aliphatic rings. The highest BCUT2D eigenvalue weighted by Crippen LogP contribution is 2.34. The lowest BCUT2D eigenvalue weighted by molar-refractivity contribution is -0.122. The lowest BCUT2D eigenvalue weighted by Gasteiger charge is -2.22. The Morgan fingerprint density at radius 2 is 2.14 bits per heavy atom. The smallest absolute Gasteiger partial charge is 0.133 e. The molecule has 1 heterocycles. The number of nitrogens with zero attached hydrogens (tertiary/aromatic N) is 1. The summed E-state index contributed by atoms with van der Waals surface area (Å²) in [7, 11) is 0. The first-order valence-corrected chi connectivity index (χ1v) is 6.13. The van der Waals surface area contributed by atoms with Crippen LogP contribution in [0.25, 0.3) is 0 Å². The van der Waals surface area contributed by atoms with Gasteiger partial charge in [0.25, 0.3) is 0 Å². The molecule has 0 aromatic heterocycles. The summed E-state index contributed by atoms with van der Waals surface area (Å²) in [5.41, 5.74) is 0. The topological polar surface area (TPSA) is 20.3 Å². The van der Waals surface area contributed by atoms with Gasteiger partial charge < -0.3 is 4.90 Å². The summed E-state index contributed by atoms with van der Waals surface area (Å²) in [6.45, 7) is 3.45. The first kappa shape index (κ1) is 10.4. The van der Waals surface area contributed by atoms with Gasteiger partial charge in [-0.25, -0.2) is 0 Å². The van der Waals surface area contributed by atoms with Gasteiger partial charge in [0, 0.05) is 31.8 Å². The summed E-state index contributed by atoms with van der Waals surface area (Å²) in [6.07, 6.45) is 3.86. The largest absolute Gasteiger partial charge is 0.303 e. The molecule has 2 unspecified atom stereocenters. The Balaban J connectivity index is 1.83. The van der Waals surface area contributed by atoms with Gasteiger partial charge >= 0.3 is 0 Å². The van der Waals surface area contributed by atoms with E-state index >= 15 is 0 Å². The molecule has 0 amide bonds. The van der Waals surface area contributed by atoms with E-state index in [2.05, 4.69) is 4.90 Å². The number of carbonyl (C=O) groups excluding carboxylic acids is 1. The van der Waals surface area contributed by atoms with Crippen LogP contribution in [0.5, 0.6) is 0 Å². The van der Waals surface area contributed by atoms with Crippen molar-refractivity contribution in [2.24, 2.45) is 11.8 Å². The number of ketones is 1. The molecule has 2 atom stereocenters. The molecule has 14 heavy (non-hydrogen) atoms. The molecule has 1 aliphatic carbocycles. The summed E-state index contributed by atoms with van der Waals surface area (Å²) in [4.78, 5) is 13.8. The zero-order valence-corrected chi connectivity index (χ0v) is 9.30. The van der Waals surface area contributed by atoms with Crippen LogP contribution < -0.4 is 0 Å². The van der Waals surface area contributed by atoms with Gasteiger partial charge in [-0.3, -0.25) is 4.79 Å². The molecule has 3 heteroatoms. The number of alkyl halides is 1. The van der Waals surface area contributed by atoms with Gasteiger partial charge in [-0.05, 0) is 31.2 Å². The standard InChI is InChI=1S/C11H18ClNO/c12-4-1-5-13-7-9-2-3-11(14)6-10(9)8-13/h9-10H,1-8H2. The van der Waals surface area contributed by atoms with Crippen LogP contribution in [0, 0.1) is 11.8 Å². The average molecular weight is 216 g/mol. The van der Waals surface area contributed by atoms with Crippen LogP contribution in [0.4, 0.5) is 0 Å². The lowest BCUT2D eigenvalue weighted by Crippen LogP contribution is -2.23. The third-order valence-electron chi connectivity index (χ3n) is 3.54. The zero-order valence-electron chi connectivity index (χ0n) is 8.54. The molecule has 0 N–H and O–H groups in total. The van der Waals surface area contributed by atoms with Crippen LogP contribution in [-0.4, -0.2) is 36.2 Å². The van der Waals surface area contributed by atoms with E-state index in [-0.39, 0.29) is 0 Å². The summed E-state index contributed by atoms with van der Waals surface area (Å²) in [5, 5.41) is 0. The van der Waals surface area contributed by atoms with Gasteiger partial charge in [0.2, 0.25) is 0 Å². The highest BCUT2D eigenvalue weighted by Gasteiger charge is 2.36. The van der Waals surface area contributed by atoms with Crippen molar-refractivity contribution in [3.63, 3.8) is 0 Å². The number of likely N-dealkylation sites (tertiary alicyclic amines) is 1. The molecule has 0 bridgehead atoms. The molecule has 1 aliphatic heterocycles. The fraction of sp³-hybridized carbons (Fsp3) is 0.909. The van der Waals surface area contributed by atoms with Crippen LogP contribution in [0.15, 0.2) is 0 Å². The number of rotatable bonds is 3. The maximum atomic E-state index is 11.3. The van der Waals surface area contributed by atoms with Crippen LogP contribution in [-0.2, 0) is 4.79 Å². The van der Waals surface area contributed by atoms with Crippen LogP contribution in [0.1, 0.15) is 25.7 Å². The van der Waals surface area contributed by atoms with Crippen molar-refractivity contribution >= 4 is 17.4 Å². The molecule has 80 valence electrons. The molecule has 0 aromatic rings.